The fourth-order valence-electron chi connectivity index (χ4n) is 1.91. The number of benzene rings is 1. The summed E-state index contributed by atoms with van der Waals surface area (Å²) in [5.74, 6) is 0.0104. The molecular weight excluding hydrogens is 274 g/mol. The van der Waals surface area contributed by atoms with Gasteiger partial charge in [-0.1, -0.05) is 0 Å². The number of methoxy groups -OCH3 is 1. The molecule has 0 aliphatic rings. The van der Waals surface area contributed by atoms with E-state index in [1.807, 2.05) is 0 Å². The van der Waals surface area contributed by atoms with Crippen LogP contribution in [0.4, 0.5) is 0 Å². The Hall–Kier alpha value is -2.63. The van der Waals surface area contributed by atoms with E-state index in [-0.39, 0.29) is 18.4 Å². The largest absolute Gasteiger partial charge is 0.494 e. The number of rotatable bonds is 4. The SMILES string of the molecule is COC(=O)COc1ccc(-n2c(O)c(C)c(C)c2O)cc1. The average Bonchev–Trinajstić information content (AvgIpc) is 2.69. The van der Waals surface area contributed by atoms with E-state index in [9.17, 15) is 15.0 Å². The number of aromatic nitrogens is 1. The van der Waals surface area contributed by atoms with Gasteiger partial charge in [-0.25, -0.2) is 4.79 Å². The van der Waals surface area contributed by atoms with Gasteiger partial charge in [0.05, 0.1) is 12.8 Å². The van der Waals surface area contributed by atoms with Crippen LogP contribution in [0.5, 0.6) is 17.5 Å². The Balaban J connectivity index is 2.24. The summed E-state index contributed by atoms with van der Waals surface area (Å²) in [7, 11) is 1.29. The third kappa shape index (κ3) is 2.79. The topological polar surface area (TPSA) is 80.9 Å². The van der Waals surface area contributed by atoms with Crippen molar-refractivity contribution >= 4 is 5.97 Å². The van der Waals surface area contributed by atoms with Gasteiger partial charge >= 0.3 is 5.97 Å². The molecule has 2 N–H and O–H groups in total. The second kappa shape index (κ2) is 5.78. The summed E-state index contributed by atoms with van der Waals surface area (Å²) in [6.07, 6.45) is 0. The van der Waals surface area contributed by atoms with E-state index < -0.39 is 5.97 Å². The van der Waals surface area contributed by atoms with Gasteiger partial charge in [0.25, 0.3) is 0 Å². The number of carbonyl (C=O) groups is 1. The van der Waals surface area contributed by atoms with E-state index in [1.54, 1.807) is 38.1 Å². The summed E-state index contributed by atoms with van der Waals surface area (Å²) in [4.78, 5) is 11.0. The Morgan fingerprint density at radius 3 is 2.10 bits per heavy atom. The summed E-state index contributed by atoms with van der Waals surface area (Å²) in [5.41, 5.74) is 1.84. The Labute approximate surface area is 122 Å². The van der Waals surface area contributed by atoms with E-state index in [4.69, 9.17) is 4.74 Å². The van der Waals surface area contributed by atoms with Crippen LogP contribution >= 0.6 is 0 Å². The fraction of sp³-hybridized carbons (Fsp3) is 0.267. The van der Waals surface area contributed by atoms with Crippen molar-refractivity contribution in [2.45, 2.75) is 13.8 Å². The molecule has 0 saturated heterocycles. The zero-order chi connectivity index (χ0) is 15.6. The van der Waals surface area contributed by atoms with Crippen LogP contribution in [0, 0.1) is 13.8 Å². The number of aromatic hydroxyl groups is 2. The normalized spacial score (nSPS) is 10.4. The molecular formula is C15H17NO5. The van der Waals surface area contributed by atoms with E-state index in [1.165, 1.54) is 11.7 Å². The zero-order valence-electron chi connectivity index (χ0n) is 12.1. The molecule has 0 aliphatic heterocycles. The Morgan fingerprint density at radius 1 is 1.10 bits per heavy atom. The summed E-state index contributed by atoms with van der Waals surface area (Å²) < 4.78 is 11.1. The molecule has 0 atom stereocenters. The maximum atomic E-state index is 11.0. The Bertz CT molecular complexity index is 632. The van der Waals surface area contributed by atoms with E-state index in [0.717, 1.165) is 0 Å². The lowest BCUT2D eigenvalue weighted by Gasteiger charge is -2.09. The highest BCUT2D eigenvalue weighted by molar-refractivity contribution is 5.70. The molecule has 0 fully saturated rings. The quantitative estimate of drug-likeness (QED) is 0.843. The van der Waals surface area contributed by atoms with Crippen molar-refractivity contribution in [3.63, 3.8) is 0 Å². The second-order valence-corrected chi connectivity index (χ2v) is 4.59. The van der Waals surface area contributed by atoms with Gasteiger partial charge in [0, 0.05) is 11.1 Å². The monoisotopic (exact) mass is 291 g/mol. The van der Waals surface area contributed by atoms with Crippen molar-refractivity contribution in [1.29, 1.82) is 0 Å². The first-order valence-corrected chi connectivity index (χ1v) is 6.35. The second-order valence-electron chi connectivity index (χ2n) is 4.59. The number of hydrogen-bond donors (Lipinski definition) is 2. The minimum atomic E-state index is -0.467. The van der Waals surface area contributed by atoms with Crippen molar-refractivity contribution < 1.29 is 24.5 Å². The molecule has 1 aromatic carbocycles. The lowest BCUT2D eigenvalue weighted by molar-refractivity contribution is -0.142. The third-order valence-electron chi connectivity index (χ3n) is 3.34. The van der Waals surface area contributed by atoms with E-state index >= 15 is 0 Å². The molecule has 6 nitrogen and oxygen atoms in total. The first-order valence-electron chi connectivity index (χ1n) is 6.35. The lowest BCUT2D eigenvalue weighted by atomic mass is 10.2. The highest BCUT2D eigenvalue weighted by Gasteiger charge is 2.17. The molecule has 112 valence electrons. The molecule has 2 rings (SSSR count). The number of carbonyl (C=O) groups excluding carboxylic acids is 1. The maximum Gasteiger partial charge on any atom is 0.343 e. The number of ether oxygens (including phenoxy) is 2. The van der Waals surface area contributed by atoms with Gasteiger partial charge in [0.1, 0.15) is 5.75 Å². The van der Waals surface area contributed by atoms with E-state index in [0.29, 0.717) is 22.6 Å². The molecule has 1 heterocycles. The first-order chi connectivity index (χ1) is 9.95. The predicted molar refractivity (Wildman–Crippen MR) is 76.1 cm³/mol. The van der Waals surface area contributed by atoms with Gasteiger partial charge in [0.2, 0.25) is 11.8 Å². The van der Waals surface area contributed by atoms with Crippen molar-refractivity contribution in [3.8, 4) is 23.2 Å². The minimum absolute atomic E-state index is 0.00627. The summed E-state index contributed by atoms with van der Waals surface area (Å²) >= 11 is 0. The van der Waals surface area contributed by atoms with Gasteiger partial charge in [-0.15, -0.1) is 0 Å². The van der Waals surface area contributed by atoms with Crippen LogP contribution in [-0.2, 0) is 9.53 Å². The van der Waals surface area contributed by atoms with Crippen molar-refractivity contribution in [3.05, 3.63) is 35.4 Å². The molecule has 0 bridgehead atoms. The highest BCUT2D eigenvalue weighted by atomic mass is 16.6. The number of esters is 1. The predicted octanol–water partition coefficient (Wildman–Crippen LogP) is 2.06. The van der Waals surface area contributed by atoms with Crippen LogP contribution in [0.1, 0.15) is 11.1 Å². The Morgan fingerprint density at radius 2 is 1.62 bits per heavy atom. The molecule has 6 heteroatoms. The highest BCUT2D eigenvalue weighted by Crippen LogP contribution is 2.35. The fourth-order valence-corrected chi connectivity index (χ4v) is 1.91. The third-order valence-corrected chi connectivity index (χ3v) is 3.34. The first kappa shape index (κ1) is 14.8. The summed E-state index contributed by atoms with van der Waals surface area (Å²) in [6, 6.07) is 6.62. The van der Waals surface area contributed by atoms with E-state index in [2.05, 4.69) is 4.74 Å². The van der Waals surface area contributed by atoms with Gasteiger partial charge < -0.3 is 19.7 Å². The number of nitrogens with zero attached hydrogens (tertiary/aromatic N) is 1. The minimum Gasteiger partial charge on any atom is -0.494 e. The van der Waals surface area contributed by atoms with Crippen LogP contribution in [0.3, 0.4) is 0 Å². The van der Waals surface area contributed by atoms with Crippen LogP contribution in [-0.4, -0.2) is 34.5 Å². The van der Waals surface area contributed by atoms with Gasteiger partial charge in [-0.05, 0) is 38.1 Å². The summed E-state index contributed by atoms with van der Waals surface area (Å²) in [5, 5.41) is 20.1. The summed E-state index contributed by atoms with van der Waals surface area (Å²) in [6.45, 7) is 3.29. The van der Waals surface area contributed by atoms with Gasteiger partial charge in [-0.3, -0.25) is 4.57 Å². The molecule has 0 amide bonds. The van der Waals surface area contributed by atoms with Crippen molar-refractivity contribution in [2.24, 2.45) is 0 Å². The van der Waals surface area contributed by atoms with Crippen molar-refractivity contribution in [1.82, 2.24) is 4.57 Å². The lowest BCUT2D eigenvalue weighted by Crippen LogP contribution is -2.12. The molecule has 1 aromatic heterocycles. The molecule has 0 aliphatic carbocycles. The van der Waals surface area contributed by atoms with Crippen LogP contribution in [0.2, 0.25) is 0 Å². The molecule has 21 heavy (non-hydrogen) atoms. The molecule has 0 unspecified atom stereocenters. The van der Waals surface area contributed by atoms with Crippen LogP contribution in [0.15, 0.2) is 24.3 Å². The van der Waals surface area contributed by atoms with Crippen LogP contribution in [0.25, 0.3) is 5.69 Å². The molecule has 2 aromatic rings. The van der Waals surface area contributed by atoms with Crippen LogP contribution < -0.4 is 4.74 Å². The van der Waals surface area contributed by atoms with Gasteiger partial charge in [0.15, 0.2) is 6.61 Å². The average molecular weight is 291 g/mol. The number of hydrogen-bond acceptors (Lipinski definition) is 5. The smallest absolute Gasteiger partial charge is 0.343 e. The van der Waals surface area contributed by atoms with Crippen molar-refractivity contribution in [2.75, 3.05) is 13.7 Å². The Kier molecular flexibility index (Phi) is 4.07. The maximum absolute atomic E-state index is 11.0. The standard InChI is InChI=1S/C15H17NO5/c1-9-10(2)15(19)16(14(9)18)11-4-6-12(7-5-11)21-8-13(17)20-3/h4-7,18-19H,8H2,1-3H3. The zero-order valence-corrected chi connectivity index (χ0v) is 12.1. The molecule has 0 spiro atoms. The van der Waals surface area contributed by atoms with Gasteiger partial charge in [-0.2, -0.15) is 0 Å². The molecule has 0 saturated carbocycles. The molecule has 0 radical (unpaired) electrons.